The van der Waals surface area contributed by atoms with Crippen LogP contribution in [0.1, 0.15) is 5.56 Å². The Balaban J connectivity index is 2.66. The van der Waals surface area contributed by atoms with Crippen LogP contribution in [0.3, 0.4) is 0 Å². The molecule has 2 heterocycles. The summed E-state index contributed by atoms with van der Waals surface area (Å²) in [5.74, 6) is 0. The molecule has 0 spiro atoms. The van der Waals surface area contributed by atoms with Crippen LogP contribution >= 0.6 is 12.2 Å². The van der Waals surface area contributed by atoms with Gasteiger partial charge in [0.15, 0.2) is 0 Å². The first-order chi connectivity index (χ1) is 8.09. The summed E-state index contributed by atoms with van der Waals surface area (Å²) >= 11 is 4.84. The van der Waals surface area contributed by atoms with Gasteiger partial charge in [-0.15, -0.1) is 0 Å². The molecule has 0 radical (unpaired) electrons. The van der Waals surface area contributed by atoms with Crippen molar-refractivity contribution in [2.75, 3.05) is 0 Å². The van der Waals surface area contributed by atoms with E-state index in [1.165, 1.54) is 4.68 Å². The van der Waals surface area contributed by atoms with Gasteiger partial charge in [0.05, 0.1) is 11.3 Å². The predicted octanol–water partition coefficient (Wildman–Crippen LogP) is 0.476. The van der Waals surface area contributed by atoms with Crippen molar-refractivity contribution in [3.63, 3.8) is 0 Å². The van der Waals surface area contributed by atoms with Crippen molar-refractivity contribution in [3.05, 3.63) is 46.4 Å². The van der Waals surface area contributed by atoms with Crippen molar-refractivity contribution in [2.45, 2.75) is 0 Å². The largest absolute Gasteiger partial charge is 0.389 e. The number of nitrogens with zero attached hydrogens (tertiary/aromatic N) is 3. The lowest BCUT2D eigenvalue weighted by atomic mass is 10.2. The Labute approximate surface area is 103 Å². The van der Waals surface area contributed by atoms with Crippen molar-refractivity contribution in [1.82, 2.24) is 14.8 Å². The average molecular weight is 246 g/mol. The number of aromatic nitrogens is 3. The van der Waals surface area contributed by atoms with Gasteiger partial charge in [0.2, 0.25) is 0 Å². The first kappa shape index (κ1) is 11.4. The SMILES string of the molecule is Cn1nc(-c2ccccn2)cc(C(N)=S)c1=O. The van der Waals surface area contributed by atoms with E-state index in [2.05, 4.69) is 10.1 Å². The Morgan fingerprint density at radius 1 is 1.41 bits per heavy atom. The predicted molar refractivity (Wildman–Crippen MR) is 68.6 cm³/mol. The molecule has 0 amide bonds. The fourth-order valence-electron chi connectivity index (χ4n) is 1.42. The lowest BCUT2D eigenvalue weighted by Crippen LogP contribution is -2.29. The van der Waals surface area contributed by atoms with Crippen LogP contribution in [0.5, 0.6) is 0 Å². The average Bonchev–Trinajstić information content (AvgIpc) is 2.33. The minimum atomic E-state index is -0.308. The minimum absolute atomic E-state index is 0.0604. The molecule has 0 aliphatic rings. The molecule has 0 aliphatic heterocycles. The van der Waals surface area contributed by atoms with E-state index in [9.17, 15) is 4.79 Å². The molecule has 2 aromatic heterocycles. The van der Waals surface area contributed by atoms with E-state index in [-0.39, 0.29) is 16.1 Å². The van der Waals surface area contributed by atoms with Crippen molar-refractivity contribution in [1.29, 1.82) is 0 Å². The molecule has 0 aliphatic carbocycles. The molecule has 0 aromatic carbocycles. The quantitative estimate of drug-likeness (QED) is 0.780. The van der Waals surface area contributed by atoms with Gasteiger partial charge in [-0.05, 0) is 18.2 Å². The number of thiocarbonyl (C=S) groups is 1. The molecule has 2 rings (SSSR count). The number of nitrogens with two attached hydrogens (primary N) is 1. The Morgan fingerprint density at radius 2 is 2.18 bits per heavy atom. The van der Waals surface area contributed by atoms with Crippen LogP contribution in [0.4, 0.5) is 0 Å². The molecule has 0 saturated heterocycles. The van der Waals surface area contributed by atoms with Crippen LogP contribution in [0.2, 0.25) is 0 Å². The van der Waals surface area contributed by atoms with Crippen LogP contribution in [0, 0.1) is 0 Å². The molecule has 2 aromatic rings. The highest BCUT2D eigenvalue weighted by Gasteiger charge is 2.10. The Bertz CT molecular complexity index is 621. The van der Waals surface area contributed by atoms with E-state index in [1.807, 2.05) is 6.07 Å². The molecule has 0 fully saturated rings. The first-order valence-electron chi connectivity index (χ1n) is 4.89. The third-order valence-corrected chi connectivity index (χ3v) is 2.48. The number of pyridine rings is 1. The number of aryl methyl sites for hydroxylation is 1. The Morgan fingerprint density at radius 3 is 2.76 bits per heavy atom. The summed E-state index contributed by atoms with van der Waals surface area (Å²) in [5.41, 5.74) is 6.70. The van der Waals surface area contributed by atoms with Crippen LogP contribution in [0.15, 0.2) is 35.3 Å². The van der Waals surface area contributed by atoms with Gasteiger partial charge >= 0.3 is 0 Å². The van der Waals surface area contributed by atoms with Crippen LogP contribution in [-0.2, 0) is 7.05 Å². The van der Waals surface area contributed by atoms with Crippen molar-refractivity contribution in [3.8, 4) is 11.4 Å². The molecule has 0 bridgehead atoms. The fourth-order valence-corrected chi connectivity index (χ4v) is 1.57. The maximum absolute atomic E-state index is 11.7. The second kappa shape index (κ2) is 4.42. The van der Waals surface area contributed by atoms with Crippen LogP contribution in [-0.4, -0.2) is 19.8 Å². The normalized spacial score (nSPS) is 10.2. The lowest BCUT2D eigenvalue weighted by molar-refractivity contribution is 0.709. The summed E-state index contributed by atoms with van der Waals surface area (Å²) in [6.07, 6.45) is 1.66. The standard InChI is InChI=1S/C11H10N4OS/c1-15-11(16)7(10(12)17)6-9(14-15)8-4-2-3-5-13-8/h2-6H,1H3,(H2,12,17). The molecular weight excluding hydrogens is 236 g/mol. The van der Waals surface area contributed by atoms with E-state index in [4.69, 9.17) is 18.0 Å². The van der Waals surface area contributed by atoms with Gasteiger partial charge in [-0.25, -0.2) is 4.68 Å². The topological polar surface area (TPSA) is 73.8 Å². The minimum Gasteiger partial charge on any atom is -0.389 e. The second-order valence-electron chi connectivity index (χ2n) is 3.45. The maximum atomic E-state index is 11.7. The van der Waals surface area contributed by atoms with Crippen molar-refractivity contribution in [2.24, 2.45) is 12.8 Å². The molecule has 5 nitrogen and oxygen atoms in total. The second-order valence-corrected chi connectivity index (χ2v) is 3.89. The fraction of sp³-hybridized carbons (Fsp3) is 0.0909. The maximum Gasteiger partial charge on any atom is 0.276 e. The van der Waals surface area contributed by atoms with Gasteiger partial charge in [0, 0.05) is 13.2 Å². The molecule has 0 atom stereocenters. The van der Waals surface area contributed by atoms with Crippen molar-refractivity contribution >= 4 is 17.2 Å². The van der Waals surface area contributed by atoms with E-state index in [1.54, 1.807) is 31.4 Å². The van der Waals surface area contributed by atoms with Crippen LogP contribution in [0.25, 0.3) is 11.4 Å². The highest BCUT2D eigenvalue weighted by atomic mass is 32.1. The molecule has 0 saturated carbocycles. The van der Waals surface area contributed by atoms with Gasteiger partial charge in [0.1, 0.15) is 10.7 Å². The summed E-state index contributed by atoms with van der Waals surface area (Å²) in [6, 6.07) is 7.01. The molecule has 2 N–H and O–H groups in total. The summed E-state index contributed by atoms with van der Waals surface area (Å²) < 4.78 is 1.21. The third kappa shape index (κ3) is 2.21. The van der Waals surface area contributed by atoms with E-state index in [0.717, 1.165) is 0 Å². The lowest BCUT2D eigenvalue weighted by Gasteiger charge is -2.05. The highest BCUT2D eigenvalue weighted by Crippen LogP contribution is 2.12. The monoisotopic (exact) mass is 246 g/mol. The number of hydrogen-bond acceptors (Lipinski definition) is 4. The summed E-state index contributed by atoms with van der Waals surface area (Å²) in [7, 11) is 1.55. The van der Waals surface area contributed by atoms with Gasteiger partial charge in [-0.3, -0.25) is 9.78 Å². The first-order valence-corrected chi connectivity index (χ1v) is 5.30. The van der Waals surface area contributed by atoms with Crippen LogP contribution < -0.4 is 11.3 Å². The molecular formula is C11H10N4OS. The molecule has 6 heteroatoms. The Kier molecular flexibility index (Phi) is 2.97. The zero-order valence-electron chi connectivity index (χ0n) is 9.12. The summed E-state index contributed by atoms with van der Waals surface area (Å²) in [5, 5.41) is 4.11. The van der Waals surface area contributed by atoms with Gasteiger partial charge in [0.25, 0.3) is 5.56 Å². The van der Waals surface area contributed by atoms with Crippen molar-refractivity contribution < 1.29 is 0 Å². The summed E-state index contributed by atoms with van der Waals surface area (Å²) in [4.78, 5) is 15.9. The van der Waals surface area contributed by atoms with Gasteiger partial charge < -0.3 is 5.73 Å². The highest BCUT2D eigenvalue weighted by molar-refractivity contribution is 7.80. The number of hydrogen-bond donors (Lipinski definition) is 1. The smallest absolute Gasteiger partial charge is 0.276 e. The zero-order valence-corrected chi connectivity index (χ0v) is 9.94. The van der Waals surface area contributed by atoms with Gasteiger partial charge in [-0.1, -0.05) is 18.3 Å². The Hall–Kier alpha value is -2.08. The van der Waals surface area contributed by atoms with E-state index < -0.39 is 0 Å². The van der Waals surface area contributed by atoms with Gasteiger partial charge in [-0.2, -0.15) is 5.10 Å². The third-order valence-electron chi connectivity index (χ3n) is 2.26. The van der Waals surface area contributed by atoms with E-state index >= 15 is 0 Å². The molecule has 0 unspecified atom stereocenters. The van der Waals surface area contributed by atoms with E-state index in [0.29, 0.717) is 11.4 Å². The molecule has 86 valence electrons. The number of rotatable bonds is 2. The summed E-state index contributed by atoms with van der Waals surface area (Å²) in [6.45, 7) is 0. The molecule has 17 heavy (non-hydrogen) atoms. The zero-order chi connectivity index (χ0) is 12.4.